The molecule has 0 amide bonds. The number of hydrogen-bond acceptors (Lipinski definition) is 3. The van der Waals surface area contributed by atoms with Crippen LogP contribution in [0.4, 0.5) is 0 Å². The number of benzene rings is 1. The molecular formula is C9H8O4. The van der Waals surface area contributed by atoms with Crippen molar-refractivity contribution in [2.75, 3.05) is 0 Å². The van der Waals surface area contributed by atoms with Crippen LogP contribution in [0.1, 0.15) is 22.0 Å². The molecule has 0 saturated carbocycles. The van der Waals surface area contributed by atoms with E-state index < -0.39 is 12.1 Å². The average Bonchev–Trinajstić information content (AvgIpc) is 2.17. The third-order valence-electron chi connectivity index (χ3n) is 1.62. The van der Waals surface area contributed by atoms with Crippen LogP contribution < -0.4 is 0 Å². The number of carboxylic acid groups (broad SMARTS) is 1. The molecule has 1 atom stereocenters. The molecule has 0 fully saturated rings. The monoisotopic (exact) mass is 180 g/mol. The third-order valence-corrected chi connectivity index (χ3v) is 1.62. The van der Waals surface area contributed by atoms with Gasteiger partial charge < -0.3 is 10.2 Å². The van der Waals surface area contributed by atoms with Gasteiger partial charge in [0.15, 0.2) is 6.10 Å². The minimum absolute atomic E-state index is 0.262. The number of carboxylic acids is 1. The number of aliphatic hydroxyl groups excluding tert-OH is 1. The summed E-state index contributed by atoms with van der Waals surface area (Å²) >= 11 is 0. The van der Waals surface area contributed by atoms with Gasteiger partial charge in [0.2, 0.25) is 0 Å². The average molecular weight is 180 g/mol. The Hall–Kier alpha value is -1.68. The normalized spacial score (nSPS) is 12.1. The summed E-state index contributed by atoms with van der Waals surface area (Å²) in [4.78, 5) is 20.6. The first-order chi connectivity index (χ1) is 6.15. The summed E-state index contributed by atoms with van der Waals surface area (Å²) in [6.45, 7) is 0. The van der Waals surface area contributed by atoms with Gasteiger partial charge in [-0.25, -0.2) is 4.79 Å². The zero-order valence-electron chi connectivity index (χ0n) is 6.68. The minimum atomic E-state index is -1.53. The molecular weight excluding hydrogens is 172 g/mol. The molecule has 0 heterocycles. The topological polar surface area (TPSA) is 74.6 Å². The van der Waals surface area contributed by atoms with Crippen LogP contribution in [0.5, 0.6) is 0 Å². The van der Waals surface area contributed by atoms with E-state index in [0.717, 1.165) is 0 Å². The lowest BCUT2D eigenvalue weighted by Crippen LogP contribution is -2.10. The van der Waals surface area contributed by atoms with Crippen LogP contribution in [0.2, 0.25) is 0 Å². The fourth-order valence-corrected chi connectivity index (χ4v) is 0.899. The van der Waals surface area contributed by atoms with Crippen LogP contribution in [-0.2, 0) is 4.79 Å². The van der Waals surface area contributed by atoms with E-state index >= 15 is 0 Å². The molecule has 4 heteroatoms. The van der Waals surface area contributed by atoms with Crippen LogP contribution >= 0.6 is 0 Å². The molecule has 0 saturated heterocycles. The molecule has 1 aromatic carbocycles. The van der Waals surface area contributed by atoms with Gasteiger partial charge in [-0.1, -0.05) is 24.3 Å². The molecule has 68 valence electrons. The van der Waals surface area contributed by atoms with Gasteiger partial charge in [0.05, 0.1) is 0 Å². The standard InChI is InChI=1S/C9H8O4/c10-5-6-1-3-7(4-2-6)8(11)9(12)13/h1-5,8,11H,(H,12,13)/t8-/m1/s1. The highest BCUT2D eigenvalue weighted by molar-refractivity contribution is 5.76. The Bertz CT molecular complexity index is 315. The Morgan fingerprint density at radius 3 is 2.23 bits per heavy atom. The first-order valence-electron chi connectivity index (χ1n) is 3.61. The summed E-state index contributed by atoms with van der Waals surface area (Å²) in [5, 5.41) is 17.5. The van der Waals surface area contributed by atoms with E-state index in [-0.39, 0.29) is 5.56 Å². The second-order valence-electron chi connectivity index (χ2n) is 2.53. The molecule has 0 aromatic heterocycles. The van der Waals surface area contributed by atoms with Crippen LogP contribution in [0.3, 0.4) is 0 Å². The molecule has 1 rings (SSSR count). The Kier molecular flexibility index (Phi) is 2.76. The predicted octanol–water partition coefficient (Wildman–Crippen LogP) is 0.617. The van der Waals surface area contributed by atoms with Crippen molar-refractivity contribution in [2.45, 2.75) is 6.10 Å². The summed E-state index contributed by atoms with van der Waals surface area (Å²) in [6.07, 6.45) is -0.877. The lowest BCUT2D eigenvalue weighted by atomic mass is 10.1. The zero-order valence-corrected chi connectivity index (χ0v) is 6.68. The maximum absolute atomic E-state index is 10.3. The number of carbonyl (C=O) groups excluding carboxylic acids is 1. The summed E-state index contributed by atoms with van der Waals surface area (Å²) < 4.78 is 0. The van der Waals surface area contributed by atoms with E-state index in [4.69, 9.17) is 10.2 Å². The summed E-state index contributed by atoms with van der Waals surface area (Å²) in [5.41, 5.74) is 0.708. The van der Waals surface area contributed by atoms with Crippen molar-refractivity contribution in [1.29, 1.82) is 0 Å². The van der Waals surface area contributed by atoms with E-state index in [1.807, 2.05) is 0 Å². The fraction of sp³-hybridized carbons (Fsp3) is 0.111. The second-order valence-corrected chi connectivity index (χ2v) is 2.53. The first-order valence-corrected chi connectivity index (χ1v) is 3.61. The van der Waals surface area contributed by atoms with Crippen molar-refractivity contribution in [3.63, 3.8) is 0 Å². The Labute approximate surface area is 74.4 Å². The van der Waals surface area contributed by atoms with Gasteiger partial charge in [-0.2, -0.15) is 0 Å². The van der Waals surface area contributed by atoms with Crippen LogP contribution in [-0.4, -0.2) is 22.5 Å². The fourth-order valence-electron chi connectivity index (χ4n) is 0.899. The van der Waals surface area contributed by atoms with E-state index in [1.165, 1.54) is 24.3 Å². The van der Waals surface area contributed by atoms with Crippen molar-refractivity contribution < 1.29 is 19.8 Å². The summed E-state index contributed by atoms with van der Waals surface area (Å²) in [7, 11) is 0. The van der Waals surface area contributed by atoms with Gasteiger partial charge in [0.25, 0.3) is 0 Å². The molecule has 0 spiro atoms. The number of carbonyl (C=O) groups is 2. The number of aldehydes is 1. The van der Waals surface area contributed by atoms with E-state index in [0.29, 0.717) is 11.8 Å². The van der Waals surface area contributed by atoms with E-state index in [9.17, 15) is 9.59 Å². The molecule has 0 aliphatic rings. The Balaban J connectivity index is 2.91. The highest BCUT2D eigenvalue weighted by Gasteiger charge is 2.14. The molecule has 2 N–H and O–H groups in total. The molecule has 0 radical (unpaired) electrons. The maximum Gasteiger partial charge on any atom is 0.337 e. The molecule has 0 unspecified atom stereocenters. The highest BCUT2D eigenvalue weighted by Crippen LogP contribution is 2.12. The van der Waals surface area contributed by atoms with Gasteiger partial charge in [-0.05, 0) is 5.56 Å². The SMILES string of the molecule is O=Cc1ccc([C@@H](O)C(=O)O)cc1. The van der Waals surface area contributed by atoms with Gasteiger partial charge >= 0.3 is 5.97 Å². The van der Waals surface area contributed by atoms with E-state index in [1.54, 1.807) is 0 Å². The smallest absolute Gasteiger partial charge is 0.337 e. The minimum Gasteiger partial charge on any atom is -0.479 e. The molecule has 0 aliphatic heterocycles. The van der Waals surface area contributed by atoms with Crippen molar-refractivity contribution in [1.82, 2.24) is 0 Å². The van der Waals surface area contributed by atoms with Crippen molar-refractivity contribution >= 4 is 12.3 Å². The van der Waals surface area contributed by atoms with E-state index in [2.05, 4.69) is 0 Å². The van der Waals surface area contributed by atoms with Crippen molar-refractivity contribution in [2.24, 2.45) is 0 Å². The number of rotatable bonds is 3. The van der Waals surface area contributed by atoms with Crippen LogP contribution in [0.15, 0.2) is 24.3 Å². The van der Waals surface area contributed by atoms with Gasteiger partial charge in [-0.15, -0.1) is 0 Å². The van der Waals surface area contributed by atoms with Gasteiger partial charge in [-0.3, -0.25) is 4.79 Å². The zero-order chi connectivity index (χ0) is 9.84. The second kappa shape index (κ2) is 3.82. The summed E-state index contributed by atoms with van der Waals surface area (Å²) in [5.74, 6) is -1.31. The Morgan fingerprint density at radius 2 is 1.85 bits per heavy atom. The summed E-state index contributed by atoms with van der Waals surface area (Å²) in [6, 6.07) is 5.72. The molecule has 13 heavy (non-hydrogen) atoms. The molecule has 0 bridgehead atoms. The highest BCUT2D eigenvalue weighted by atomic mass is 16.4. The number of aliphatic hydroxyl groups is 1. The maximum atomic E-state index is 10.3. The lowest BCUT2D eigenvalue weighted by Gasteiger charge is -2.04. The molecule has 4 nitrogen and oxygen atoms in total. The Morgan fingerprint density at radius 1 is 1.31 bits per heavy atom. The predicted molar refractivity (Wildman–Crippen MR) is 44.4 cm³/mol. The van der Waals surface area contributed by atoms with Crippen LogP contribution in [0, 0.1) is 0 Å². The third kappa shape index (κ3) is 2.13. The number of hydrogen-bond donors (Lipinski definition) is 2. The largest absolute Gasteiger partial charge is 0.479 e. The van der Waals surface area contributed by atoms with Crippen LogP contribution in [0.25, 0.3) is 0 Å². The first kappa shape index (κ1) is 9.41. The van der Waals surface area contributed by atoms with Crippen molar-refractivity contribution in [3.05, 3.63) is 35.4 Å². The lowest BCUT2D eigenvalue weighted by molar-refractivity contribution is -0.146. The molecule has 1 aromatic rings. The quantitative estimate of drug-likeness (QED) is 0.668. The number of aliphatic carboxylic acids is 1. The van der Waals surface area contributed by atoms with Gasteiger partial charge in [0, 0.05) is 5.56 Å². The van der Waals surface area contributed by atoms with Gasteiger partial charge in [0.1, 0.15) is 6.29 Å². The van der Waals surface area contributed by atoms with Crippen molar-refractivity contribution in [3.8, 4) is 0 Å². The molecule has 0 aliphatic carbocycles.